The van der Waals surface area contributed by atoms with E-state index in [-0.39, 0.29) is 18.2 Å². The van der Waals surface area contributed by atoms with Crippen LogP contribution in [0.15, 0.2) is 47.2 Å². The van der Waals surface area contributed by atoms with Gasteiger partial charge in [-0.05, 0) is 56.2 Å². The van der Waals surface area contributed by atoms with Gasteiger partial charge in [0.25, 0.3) is 5.91 Å². The van der Waals surface area contributed by atoms with Crippen LogP contribution in [0.2, 0.25) is 0 Å². The van der Waals surface area contributed by atoms with Gasteiger partial charge in [-0.25, -0.2) is 0 Å². The zero-order valence-electron chi connectivity index (χ0n) is 14.4. The van der Waals surface area contributed by atoms with E-state index >= 15 is 0 Å². The van der Waals surface area contributed by atoms with Crippen LogP contribution in [-0.4, -0.2) is 16.0 Å². The summed E-state index contributed by atoms with van der Waals surface area (Å²) in [6.45, 7) is 6.04. The minimum Gasteiger partial charge on any atom is -0.489 e. The highest BCUT2D eigenvalue weighted by Gasteiger charge is 2.20. The molecular formula is C19H19N3O3. The van der Waals surface area contributed by atoms with E-state index in [9.17, 15) is 4.79 Å². The van der Waals surface area contributed by atoms with Crippen LogP contribution in [0, 0.1) is 20.8 Å². The predicted octanol–water partition coefficient (Wildman–Crippen LogP) is 3.83. The van der Waals surface area contributed by atoms with Crippen LogP contribution < -0.4 is 10.1 Å². The van der Waals surface area contributed by atoms with E-state index in [1.165, 1.54) is 5.56 Å². The zero-order chi connectivity index (χ0) is 17.8. The topological polar surface area (TPSA) is 77.2 Å². The van der Waals surface area contributed by atoms with Crippen molar-refractivity contribution in [1.29, 1.82) is 0 Å². The fourth-order valence-electron chi connectivity index (χ4n) is 2.32. The standard InChI is InChI=1S/C19H19N3O3/c1-12-4-5-16(10-13(12)2)24-11-17-14(3)25-22-18(17)19(23)21-15-6-8-20-9-7-15/h4-10H,11H2,1-3H3,(H,20,21,23). The predicted molar refractivity (Wildman–Crippen MR) is 93.7 cm³/mol. The first kappa shape index (κ1) is 16.7. The number of rotatable bonds is 5. The van der Waals surface area contributed by atoms with Crippen molar-refractivity contribution in [3.8, 4) is 5.75 Å². The Bertz CT molecular complexity index is 888. The Morgan fingerprint density at radius 2 is 1.88 bits per heavy atom. The second-order valence-corrected chi connectivity index (χ2v) is 5.79. The lowest BCUT2D eigenvalue weighted by molar-refractivity contribution is 0.101. The third-order valence-corrected chi connectivity index (χ3v) is 4.00. The lowest BCUT2D eigenvalue weighted by Gasteiger charge is -2.09. The molecule has 2 heterocycles. The molecule has 0 saturated heterocycles. The fourth-order valence-corrected chi connectivity index (χ4v) is 2.32. The summed E-state index contributed by atoms with van der Waals surface area (Å²) in [5.41, 5.74) is 3.84. The Balaban J connectivity index is 1.75. The van der Waals surface area contributed by atoms with E-state index in [1.54, 1.807) is 31.5 Å². The second kappa shape index (κ2) is 7.17. The third kappa shape index (κ3) is 3.85. The van der Waals surface area contributed by atoms with Gasteiger partial charge in [-0.2, -0.15) is 0 Å². The first-order valence-electron chi connectivity index (χ1n) is 7.91. The number of aryl methyl sites for hydroxylation is 3. The Hall–Kier alpha value is -3.15. The van der Waals surface area contributed by atoms with E-state index in [0.717, 1.165) is 11.3 Å². The number of carbonyl (C=O) groups is 1. The molecule has 3 rings (SSSR count). The van der Waals surface area contributed by atoms with E-state index in [1.807, 2.05) is 32.0 Å². The molecule has 2 aromatic heterocycles. The Kier molecular flexibility index (Phi) is 4.79. The van der Waals surface area contributed by atoms with Gasteiger partial charge < -0.3 is 14.6 Å². The first-order valence-corrected chi connectivity index (χ1v) is 7.91. The van der Waals surface area contributed by atoms with Crippen molar-refractivity contribution in [3.05, 3.63) is 70.9 Å². The molecular weight excluding hydrogens is 318 g/mol. The maximum absolute atomic E-state index is 12.4. The molecule has 0 aliphatic heterocycles. The Morgan fingerprint density at radius 3 is 2.60 bits per heavy atom. The van der Waals surface area contributed by atoms with E-state index < -0.39 is 0 Å². The number of benzene rings is 1. The van der Waals surface area contributed by atoms with Crippen LogP contribution in [-0.2, 0) is 6.61 Å². The number of hydrogen-bond acceptors (Lipinski definition) is 5. The number of ether oxygens (including phenoxy) is 1. The molecule has 0 aliphatic rings. The summed E-state index contributed by atoms with van der Waals surface area (Å²) < 4.78 is 11.0. The van der Waals surface area contributed by atoms with Crippen molar-refractivity contribution in [2.24, 2.45) is 0 Å². The lowest BCUT2D eigenvalue weighted by Crippen LogP contribution is -2.15. The molecule has 128 valence electrons. The maximum Gasteiger partial charge on any atom is 0.278 e. The molecule has 1 amide bonds. The van der Waals surface area contributed by atoms with Gasteiger partial charge in [-0.3, -0.25) is 9.78 Å². The van der Waals surface area contributed by atoms with Crippen LogP contribution in [0.1, 0.15) is 32.9 Å². The van der Waals surface area contributed by atoms with Crippen LogP contribution >= 0.6 is 0 Å². The van der Waals surface area contributed by atoms with E-state index in [2.05, 4.69) is 15.5 Å². The number of aromatic nitrogens is 2. The highest BCUT2D eigenvalue weighted by molar-refractivity contribution is 6.03. The average molecular weight is 337 g/mol. The van der Waals surface area contributed by atoms with Crippen molar-refractivity contribution in [2.75, 3.05) is 5.32 Å². The molecule has 0 radical (unpaired) electrons. The molecule has 0 spiro atoms. The van der Waals surface area contributed by atoms with Gasteiger partial charge in [-0.15, -0.1) is 0 Å². The van der Waals surface area contributed by atoms with Gasteiger partial charge in [0, 0.05) is 18.1 Å². The molecule has 0 bridgehead atoms. The summed E-state index contributed by atoms with van der Waals surface area (Å²) in [5.74, 6) is 0.953. The largest absolute Gasteiger partial charge is 0.489 e. The summed E-state index contributed by atoms with van der Waals surface area (Å²) in [4.78, 5) is 16.4. The third-order valence-electron chi connectivity index (χ3n) is 4.00. The van der Waals surface area contributed by atoms with E-state index in [4.69, 9.17) is 9.26 Å². The molecule has 0 aliphatic carbocycles. The molecule has 0 fully saturated rings. The quantitative estimate of drug-likeness (QED) is 0.766. The SMILES string of the molecule is Cc1ccc(OCc2c(C(=O)Nc3ccncc3)noc2C)cc1C. The molecule has 3 aromatic rings. The smallest absolute Gasteiger partial charge is 0.278 e. The minimum atomic E-state index is -0.346. The maximum atomic E-state index is 12.4. The van der Waals surface area contributed by atoms with Gasteiger partial charge in [-0.1, -0.05) is 11.2 Å². The van der Waals surface area contributed by atoms with Crippen LogP contribution in [0.4, 0.5) is 5.69 Å². The average Bonchev–Trinajstić information content (AvgIpc) is 2.98. The Labute approximate surface area is 145 Å². The van der Waals surface area contributed by atoms with Gasteiger partial charge >= 0.3 is 0 Å². The molecule has 6 nitrogen and oxygen atoms in total. The van der Waals surface area contributed by atoms with Gasteiger partial charge in [0.2, 0.25) is 0 Å². The van der Waals surface area contributed by atoms with Crippen LogP contribution in [0.25, 0.3) is 0 Å². The molecule has 1 aromatic carbocycles. The van der Waals surface area contributed by atoms with Crippen molar-refractivity contribution in [1.82, 2.24) is 10.1 Å². The second-order valence-electron chi connectivity index (χ2n) is 5.79. The monoisotopic (exact) mass is 337 g/mol. The van der Waals surface area contributed by atoms with Crippen LogP contribution in [0.5, 0.6) is 5.75 Å². The molecule has 0 unspecified atom stereocenters. The number of hydrogen-bond donors (Lipinski definition) is 1. The number of pyridine rings is 1. The molecule has 25 heavy (non-hydrogen) atoms. The van der Waals surface area contributed by atoms with Crippen molar-refractivity contribution in [3.63, 3.8) is 0 Å². The normalized spacial score (nSPS) is 10.5. The summed E-state index contributed by atoms with van der Waals surface area (Å²) in [6, 6.07) is 9.28. The highest BCUT2D eigenvalue weighted by atomic mass is 16.5. The molecule has 0 atom stereocenters. The number of nitrogens with zero attached hydrogens (tertiary/aromatic N) is 2. The molecule has 1 N–H and O–H groups in total. The number of nitrogens with one attached hydrogen (secondary N) is 1. The Morgan fingerprint density at radius 1 is 1.12 bits per heavy atom. The van der Waals surface area contributed by atoms with Crippen LogP contribution in [0.3, 0.4) is 0 Å². The molecule has 6 heteroatoms. The summed E-state index contributed by atoms with van der Waals surface area (Å²) in [6.07, 6.45) is 3.21. The summed E-state index contributed by atoms with van der Waals surface area (Å²) >= 11 is 0. The van der Waals surface area contributed by atoms with E-state index in [0.29, 0.717) is 17.0 Å². The number of amides is 1. The minimum absolute atomic E-state index is 0.205. The fraction of sp³-hybridized carbons (Fsp3) is 0.211. The summed E-state index contributed by atoms with van der Waals surface area (Å²) in [5, 5.41) is 6.64. The first-order chi connectivity index (χ1) is 12.0. The van der Waals surface area contributed by atoms with Crippen molar-refractivity contribution < 1.29 is 14.1 Å². The van der Waals surface area contributed by atoms with Crippen molar-refractivity contribution >= 4 is 11.6 Å². The van der Waals surface area contributed by atoms with Crippen molar-refractivity contribution in [2.45, 2.75) is 27.4 Å². The molecule has 0 saturated carbocycles. The summed E-state index contributed by atoms with van der Waals surface area (Å²) in [7, 11) is 0. The number of anilines is 1. The highest BCUT2D eigenvalue weighted by Crippen LogP contribution is 2.21. The van der Waals surface area contributed by atoms with Gasteiger partial charge in [0.05, 0.1) is 5.56 Å². The zero-order valence-corrected chi connectivity index (χ0v) is 14.4. The van der Waals surface area contributed by atoms with Gasteiger partial charge in [0.1, 0.15) is 18.1 Å². The van der Waals surface area contributed by atoms with Gasteiger partial charge in [0.15, 0.2) is 5.69 Å². The lowest BCUT2D eigenvalue weighted by atomic mass is 10.1. The number of carbonyl (C=O) groups excluding carboxylic acids is 1.